The van der Waals surface area contributed by atoms with Gasteiger partial charge in [-0.2, -0.15) is 0 Å². The van der Waals surface area contributed by atoms with Crippen LogP contribution in [0.1, 0.15) is 6.42 Å². The molecule has 0 radical (unpaired) electrons. The number of hydrogen-bond donors (Lipinski definition) is 1. The van der Waals surface area contributed by atoms with Crippen LogP contribution in [0, 0.1) is 0 Å². The number of carbonyl (C=O) groups excluding carboxylic acids is 1. The van der Waals surface area contributed by atoms with Gasteiger partial charge in [0.2, 0.25) is 0 Å². The molecule has 0 saturated carbocycles. The van der Waals surface area contributed by atoms with Crippen LogP contribution in [0.3, 0.4) is 0 Å². The molecule has 1 aliphatic rings. The zero-order valence-corrected chi connectivity index (χ0v) is 6.82. The molecule has 1 heterocycles. The van der Waals surface area contributed by atoms with Crippen LogP contribution in [0.2, 0.25) is 0 Å². The Hall–Kier alpha value is -1.10. The standard InChI is InChI=1S/C7H11NO4/c1-12-6-4-8(7(10)11)3-2-5(6)9/h6H,2-4H2,1H3,(H,10,11). The highest BCUT2D eigenvalue weighted by molar-refractivity contribution is 5.85. The number of likely N-dealkylation sites (tertiary alicyclic amines) is 1. The predicted molar refractivity (Wildman–Crippen MR) is 40.0 cm³/mol. The van der Waals surface area contributed by atoms with Crippen molar-refractivity contribution in [1.29, 1.82) is 0 Å². The molecule has 0 aromatic rings. The minimum absolute atomic E-state index is 0.0185. The Labute approximate surface area is 69.9 Å². The normalized spacial score (nSPS) is 24.2. The molecule has 68 valence electrons. The van der Waals surface area contributed by atoms with E-state index < -0.39 is 12.2 Å². The van der Waals surface area contributed by atoms with E-state index in [4.69, 9.17) is 9.84 Å². The van der Waals surface area contributed by atoms with Crippen LogP contribution in [-0.4, -0.2) is 48.2 Å². The van der Waals surface area contributed by atoms with Crippen molar-refractivity contribution in [2.45, 2.75) is 12.5 Å². The smallest absolute Gasteiger partial charge is 0.407 e. The Bertz CT molecular complexity index is 204. The average molecular weight is 173 g/mol. The number of carboxylic acid groups (broad SMARTS) is 1. The Morgan fingerprint density at radius 2 is 2.42 bits per heavy atom. The molecule has 1 fully saturated rings. The molecule has 1 unspecified atom stereocenters. The van der Waals surface area contributed by atoms with Crippen molar-refractivity contribution in [2.24, 2.45) is 0 Å². The van der Waals surface area contributed by atoms with Gasteiger partial charge in [-0.1, -0.05) is 0 Å². The summed E-state index contributed by atoms with van der Waals surface area (Å²) in [5.41, 5.74) is 0. The summed E-state index contributed by atoms with van der Waals surface area (Å²) in [7, 11) is 1.41. The fraction of sp³-hybridized carbons (Fsp3) is 0.714. The van der Waals surface area contributed by atoms with Gasteiger partial charge in [-0.3, -0.25) is 4.79 Å². The number of hydrogen-bond acceptors (Lipinski definition) is 3. The highest BCUT2D eigenvalue weighted by atomic mass is 16.5. The van der Waals surface area contributed by atoms with E-state index in [1.165, 1.54) is 12.0 Å². The second-order valence-electron chi connectivity index (χ2n) is 2.67. The summed E-state index contributed by atoms with van der Waals surface area (Å²) in [6.45, 7) is 0.443. The third-order valence-electron chi connectivity index (χ3n) is 1.93. The average Bonchev–Trinajstić information content (AvgIpc) is 2.05. The van der Waals surface area contributed by atoms with Crippen molar-refractivity contribution in [3.63, 3.8) is 0 Å². The topological polar surface area (TPSA) is 66.8 Å². The molecule has 0 aliphatic carbocycles. The summed E-state index contributed by atoms with van der Waals surface area (Å²) < 4.78 is 4.83. The summed E-state index contributed by atoms with van der Waals surface area (Å²) in [6, 6.07) is 0. The Morgan fingerprint density at radius 3 is 2.92 bits per heavy atom. The maximum Gasteiger partial charge on any atom is 0.407 e. The van der Waals surface area contributed by atoms with E-state index in [0.717, 1.165) is 0 Å². The third kappa shape index (κ3) is 1.73. The van der Waals surface area contributed by atoms with E-state index >= 15 is 0 Å². The molecular weight excluding hydrogens is 162 g/mol. The maximum absolute atomic E-state index is 11.0. The molecule has 1 amide bonds. The number of nitrogens with zero attached hydrogens (tertiary/aromatic N) is 1. The summed E-state index contributed by atoms with van der Waals surface area (Å²) in [5, 5.41) is 8.60. The monoisotopic (exact) mass is 173 g/mol. The van der Waals surface area contributed by atoms with Gasteiger partial charge in [0, 0.05) is 20.1 Å². The van der Waals surface area contributed by atoms with Gasteiger partial charge in [0.05, 0.1) is 6.54 Å². The fourth-order valence-electron chi connectivity index (χ4n) is 1.18. The van der Waals surface area contributed by atoms with Gasteiger partial charge in [-0.25, -0.2) is 4.79 Å². The second-order valence-corrected chi connectivity index (χ2v) is 2.67. The van der Waals surface area contributed by atoms with Crippen LogP contribution in [0.4, 0.5) is 4.79 Å². The van der Waals surface area contributed by atoms with E-state index in [1.807, 2.05) is 0 Å². The van der Waals surface area contributed by atoms with E-state index in [2.05, 4.69) is 0 Å². The predicted octanol–water partition coefficient (Wildman–Crippen LogP) is -0.0458. The lowest BCUT2D eigenvalue weighted by molar-refractivity contribution is -0.132. The summed E-state index contributed by atoms with van der Waals surface area (Å²) in [4.78, 5) is 22.7. The minimum atomic E-state index is -0.996. The summed E-state index contributed by atoms with van der Waals surface area (Å²) in [5.74, 6) is -0.0185. The number of amides is 1. The molecule has 1 N–H and O–H groups in total. The molecule has 0 aromatic heterocycles. The SMILES string of the molecule is COC1CN(C(=O)O)CCC1=O. The zero-order valence-electron chi connectivity index (χ0n) is 6.82. The lowest BCUT2D eigenvalue weighted by Gasteiger charge is -2.28. The highest BCUT2D eigenvalue weighted by Crippen LogP contribution is 2.08. The fourth-order valence-corrected chi connectivity index (χ4v) is 1.18. The lowest BCUT2D eigenvalue weighted by Crippen LogP contribution is -2.47. The zero-order chi connectivity index (χ0) is 9.14. The molecule has 1 rings (SSSR count). The quantitative estimate of drug-likeness (QED) is 0.604. The molecule has 5 nitrogen and oxygen atoms in total. The van der Waals surface area contributed by atoms with E-state index in [0.29, 0.717) is 0 Å². The Kier molecular flexibility index (Phi) is 2.65. The first-order chi connectivity index (χ1) is 5.65. The third-order valence-corrected chi connectivity index (χ3v) is 1.93. The van der Waals surface area contributed by atoms with Crippen molar-refractivity contribution in [1.82, 2.24) is 4.90 Å². The first-order valence-corrected chi connectivity index (χ1v) is 3.68. The molecule has 0 bridgehead atoms. The molecule has 0 spiro atoms. The molecule has 1 aliphatic heterocycles. The number of ether oxygens (including phenoxy) is 1. The first kappa shape index (κ1) is 8.99. The van der Waals surface area contributed by atoms with Crippen molar-refractivity contribution >= 4 is 11.9 Å². The van der Waals surface area contributed by atoms with Gasteiger partial charge in [-0.05, 0) is 0 Å². The number of rotatable bonds is 1. The van der Waals surface area contributed by atoms with Crippen LogP contribution < -0.4 is 0 Å². The summed E-state index contributed by atoms with van der Waals surface area (Å²) in [6.07, 6.45) is -1.32. The first-order valence-electron chi connectivity index (χ1n) is 3.68. The number of methoxy groups -OCH3 is 1. The van der Waals surface area contributed by atoms with Gasteiger partial charge in [0.1, 0.15) is 6.10 Å². The van der Waals surface area contributed by atoms with Crippen LogP contribution in [0.25, 0.3) is 0 Å². The van der Waals surface area contributed by atoms with Gasteiger partial charge < -0.3 is 14.7 Å². The number of carbonyl (C=O) groups is 2. The van der Waals surface area contributed by atoms with Crippen LogP contribution >= 0.6 is 0 Å². The Morgan fingerprint density at radius 1 is 1.75 bits per heavy atom. The van der Waals surface area contributed by atoms with Crippen molar-refractivity contribution < 1.29 is 19.4 Å². The number of Topliss-reactive ketones (excluding diaryl/α,β-unsaturated/α-hetero) is 1. The molecule has 1 saturated heterocycles. The lowest BCUT2D eigenvalue weighted by atomic mass is 10.1. The van der Waals surface area contributed by atoms with E-state index in [1.54, 1.807) is 0 Å². The Balaban J connectivity index is 2.55. The van der Waals surface area contributed by atoms with Crippen molar-refractivity contribution in [3.8, 4) is 0 Å². The van der Waals surface area contributed by atoms with Crippen LogP contribution in [-0.2, 0) is 9.53 Å². The highest BCUT2D eigenvalue weighted by Gasteiger charge is 2.29. The number of ketones is 1. The van der Waals surface area contributed by atoms with Crippen LogP contribution in [0.5, 0.6) is 0 Å². The van der Waals surface area contributed by atoms with Gasteiger partial charge in [-0.15, -0.1) is 0 Å². The second kappa shape index (κ2) is 3.53. The van der Waals surface area contributed by atoms with Gasteiger partial charge >= 0.3 is 6.09 Å². The maximum atomic E-state index is 11.0. The van der Waals surface area contributed by atoms with E-state index in [9.17, 15) is 9.59 Å². The molecular formula is C7H11NO4. The molecule has 0 aromatic carbocycles. The van der Waals surface area contributed by atoms with Crippen molar-refractivity contribution in [2.75, 3.05) is 20.2 Å². The summed E-state index contributed by atoms with van der Waals surface area (Å²) >= 11 is 0. The van der Waals surface area contributed by atoms with Gasteiger partial charge in [0.15, 0.2) is 5.78 Å². The molecule has 12 heavy (non-hydrogen) atoms. The van der Waals surface area contributed by atoms with Crippen molar-refractivity contribution in [3.05, 3.63) is 0 Å². The largest absolute Gasteiger partial charge is 0.465 e. The van der Waals surface area contributed by atoms with Crippen LogP contribution in [0.15, 0.2) is 0 Å². The molecule has 1 atom stereocenters. The van der Waals surface area contributed by atoms with E-state index in [-0.39, 0.29) is 25.3 Å². The minimum Gasteiger partial charge on any atom is -0.465 e. The number of piperidine rings is 1. The van der Waals surface area contributed by atoms with Gasteiger partial charge in [0.25, 0.3) is 0 Å². The molecule has 5 heteroatoms.